The smallest absolute Gasteiger partial charge is 0.291 e. The Morgan fingerprint density at radius 2 is 0.868 bits per heavy atom. The maximum absolute atomic E-state index is 11.7. The molecule has 12 aromatic rings. The van der Waals surface area contributed by atoms with Crippen molar-refractivity contribution in [2.24, 2.45) is 11.5 Å². The maximum Gasteiger partial charge on any atom is 0.291 e. The lowest BCUT2D eigenvalue weighted by Gasteiger charge is -2.07. The van der Waals surface area contributed by atoms with Crippen molar-refractivity contribution >= 4 is 63.9 Å². The fraction of sp³-hybridized carbons (Fsp3) is 0.188. The first kappa shape index (κ1) is 82.3. The predicted octanol–water partition coefficient (Wildman–Crippen LogP) is 13.4. The molecular weight excluding hydrogens is 1360 g/mol. The van der Waals surface area contributed by atoms with Gasteiger partial charge in [0.15, 0.2) is 34.6 Å². The number of aryl methyl sites for hydroxylation is 1. The molecule has 12 rings (SSSR count). The molecule has 0 saturated heterocycles. The lowest BCUT2D eigenvalue weighted by Crippen LogP contribution is -2.24. The van der Waals surface area contributed by atoms with Crippen molar-refractivity contribution in [3.63, 3.8) is 0 Å². The van der Waals surface area contributed by atoms with Crippen LogP contribution in [-0.2, 0) is 26.0 Å². The van der Waals surface area contributed by atoms with E-state index in [4.69, 9.17) is 62.8 Å². The average molecular weight is 1450 g/mol. The molecule has 0 radical (unpaired) electrons. The third-order valence-corrected chi connectivity index (χ3v) is 14.5. The van der Waals surface area contributed by atoms with Crippen LogP contribution in [0.5, 0.6) is 5.75 Å². The van der Waals surface area contributed by atoms with Crippen molar-refractivity contribution in [2.75, 3.05) is 41.0 Å². The summed E-state index contributed by atoms with van der Waals surface area (Å²) in [7, 11) is 0. The highest BCUT2D eigenvalue weighted by Gasteiger charge is 2.14. The summed E-state index contributed by atoms with van der Waals surface area (Å²) in [6.07, 6.45) is 17.2. The van der Waals surface area contributed by atoms with Crippen molar-refractivity contribution in [1.82, 2.24) is 5.32 Å². The molecule has 5 aromatic carbocycles. The lowest BCUT2D eigenvalue weighted by molar-refractivity contribution is 0.0920. The normalized spacial score (nSPS) is 10.7. The molecular formula is C80H85N7O19. The Bertz CT molecular complexity index is 4350. The van der Waals surface area contributed by atoms with Gasteiger partial charge in [-0.15, -0.1) is 0 Å². The Balaban J connectivity index is 0.000000194. The van der Waals surface area contributed by atoms with Crippen molar-refractivity contribution in [2.45, 2.75) is 77.7 Å². The molecule has 0 aliphatic carbocycles. The van der Waals surface area contributed by atoms with E-state index in [2.05, 4.69) is 26.6 Å². The van der Waals surface area contributed by atoms with E-state index in [1.54, 1.807) is 134 Å². The predicted molar refractivity (Wildman–Crippen MR) is 396 cm³/mol. The summed E-state index contributed by atoms with van der Waals surface area (Å²) in [6.45, 7) is 4.66. The van der Waals surface area contributed by atoms with Gasteiger partial charge in [0.2, 0.25) is 0 Å². The van der Waals surface area contributed by atoms with Gasteiger partial charge in [-0.1, -0.05) is 60.7 Å². The van der Waals surface area contributed by atoms with E-state index in [1.165, 1.54) is 62.6 Å². The van der Waals surface area contributed by atoms with E-state index >= 15 is 0 Å². The number of hydrogen-bond acceptors (Lipinski definition) is 21. The number of aliphatic hydroxyl groups excluding tert-OH is 4. The first-order valence-corrected chi connectivity index (χ1v) is 33.3. The summed E-state index contributed by atoms with van der Waals surface area (Å²) in [5.41, 5.74) is 20.4. The minimum absolute atomic E-state index is 0.00942. The Hall–Kier alpha value is -12.7. The minimum atomic E-state index is -0.416. The number of nitrogens with two attached hydrogens (primary N) is 2. The van der Waals surface area contributed by atoms with Crippen molar-refractivity contribution in [3.05, 3.63) is 318 Å². The van der Waals surface area contributed by atoms with Crippen LogP contribution in [0.2, 0.25) is 0 Å². The van der Waals surface area contributed by atoms with Gasteiger partial charge in [-0.3, -0.25) is 33.6 Å². The lowest BCUT2D eigenvalue weighted by atomic mass is 10.0. The number of hydrogen-bond donors (Lipinski definition) is 12. The van der Waals surface area contributed by atoms with E-state index < -0.39 is 6.10 Å². The zero-order chi connectivity index (χ0) is 76.3. The largest absolute Gasteiger partial charge is 0.508 e. The number of furan rings is 7. The number of aliphatic hydroxyl groups is 4. The molecule has 2 atom stereocenters. The summed E-state index contributed by atoms with van der Waals surface area (Å²) in [5.74, 6) is 0.191. The highest BCUT2D eigenvalue weighted by Crippen LogP contribution is 2.19. The number of aromatic hydroxyl groups is 1. The van der Waals surface area contributed by atoms with Crippen LogP contribution in [0.3, 0.4) is 0 Å². The van der Waals surface area contributed by atoms with E-state index in [-0.39, 0.29) is 84.2 Å². The van der Waals surface area contributed by atoms with Crippen LogP contribution in [0.4, 0.5) is 22.7 Å². The van der Waals surface area contributed by atoms with E-state index in [0.29, 0.717) is 96.9 Å². The van der Waals surface area contributed by atoms with Gasteiger partial charge in [-0.25, -0.2) is 0 Å². The highest BCUT2D eigenvalue weighted by molar-refractivity contribution is 6.05. The summed E-state index contributed by atoms with van der Waals surface area (Å²) >= 11 is 0. The van der Waals surface area contributed by atoms with Gasteiger partial charge < -0.3 is 94.5 Å². The van der Waals surface area contributed by atoms with Crippen molar-refractivity contribution in [1.29, 1.82) is 0 Å². The molecule has 7 heterocycles. The van der Waals surface area contributed by atoms with Crippen LogP contribution in [0.25, 0.3) is 0 Å². The monoisotopic (exact) mass is 1450 g/mol. The van der Waals surface area contributed by atoms with Gasteiger partial charge in [0.1, 0.15) is 24.5 Å². The number of phenols is 1. The molecule has 26 heteroatoms. The van der Waals surface area contributed by atoms with Crippen LogP contribution in [0, 0.1) is 0 Å². The van der Waals surface area contributed by atoms with Crippen LogP contribution < -0.4 is 38.1 Å². The summed E-state index contributed by atoms with van der Waals surface area (Å²) in [5, 5.41) is 57.8. The molecule has 0 aliphatic rings. The molecule has 7 aromatic heterocycles. The zero-order valence-corrected chi connectivity index (χ0v) is 58.2. The zero-order valence-electron chi connectivity index (χ0n) is 58.2. The van der Waals surface area contributed by atoms with E-state index in [9.17, 15) is 38.7 Å². The van der Waals surface area contributed by atoms with Crippen LogP contribution in [0.15, 0.2) is 282 Å². The topological polar surface area (TPSA) is 425 Å². The number of amides is 5. The number of benzene rings is 5. The third kappa shape index (κ3) is 30.5. The Morgan fingerprint density at radius 3 is 1.30 bits per heavy atom. The number of rotatable bonds is 25. The standard InChI is InChI=1S/C13H14N2O2.C13H13NO3.C13H12O3.C12H12N2O2.C12H11NO3.C9H12O3.C8H11NO3/c1-9(14)10-4-6-11(7-5-10)15-13(16)12-3-2-8-17-12;15-8-7-10-3-5-11(6-4-10)14-13(16)12-2-1-9-17-12;14-12-3-1-2-10(8-12)4-5-13(15)11-6-7-16-9-11;13-8-9-3-1-4-10(7-9)14-12(15)11-5-2-6-16-11;14-7-9-2-1-3-11(6-9)13-12(15)10-4-5-16-8-10;1-7(10)2-3-9(11)8-4-5-12-6-8;10-5-2-4-9-8(11)7-3-1-6-12-7/h2-9H,14H2,1H3,(H,15,16);1-6,9,15H,7-8H2,(H,14,16);1-3,6-9,14H,4-5H2;1-7H,8,13H2,(H,14,15);1-6,8,14H,7H2,(H,13,15);4-7,10H,2-3H2,1H3;1,3,6,10H,2,4-5H2,(H,9,11). The van der Waals surface area contributed by atoms with Crippen molar-refractivity contribution in [3.8, 4) is 5.75 Å². The molecule has 0 fully saturated rings. The molecule has 0 bridgehead atoms. The quantitative estimate of drug-likeness (QED) is 0.0187. The van der Waals surface area contributed by atoms with E-state index in [0.717, 1.165) is 33.5 Å². The second-order valence-corrected chi connectivity index (χ2v) is 22.8. The molecule has 0 aliphatic heterocycles. The second-order valence-electron chi connectivity index (χ2n) is 22.8. The fourth-order valence-corrected chi connectivity index (χ4v) is 8.90. The third-order valence-electron chi connectivity index (χ3n) is 14.5. The van der Waals surface area contributed by atoms with Crippen LogP contribution in [0.1, 0.15) is 147 Å². The second kappa shape index (κ2) is 46.0. The Kier molecular flexibility index (Phi) is 35.7. The SMILES string of the molecule is CC(N)c1ccc(NC(=O)c2ccco2)cc1.CC(O)CCC(=O)c1ccoc1.NCc1cccc(NC(=O)c2ccco2)c1.O=C(CCc1cccc(O)c1)c1ccoc1.O=C(NCCCO)c1ccco1.O=C(Nc1ccc(CCO)cc1)c1ccco1.O=C(Nc1cccc(CO)c1)c1ccoc1. The van der Waals surface area contributed by atoms with Gasteiger partial charge in [-0.2, -0.15) is 0 Å². The maximum atomic E-state index is 11.7. The molecule has 14 N–H and O–H groups in total. The highest BCUT2D eigenvalue weighted by atomic mass is 16.4. The summed E-state index contributed by atoms with van der Waals surface area (Å²) in [6, 6.07) is 54.1. The number of carbonyl (C=O) groups is 7. The van der Waals surface area contributed by atoms with Crippen LogP contribution in [-0.4, -0.2) is 92.5 Å². The van der Waals surface area contributed by atoms with Gasteiger partial charge in [0.25, 0.3) is 29.5 Å². The van der Waals surface area contributed by atoms with E-state index in [1.807, 2.05) is 67.6 Å². The Morgan fingerprint density at radius 1 is 0.425 bits per heavy atom. The number of nitrogens with one attached hydrogen (secondary N) is 5. The number of ketones is 2. The molecule has 0 saturated carbocycles. The summed E-state index contributed by atoms with van der Waals surface area (Å²) < 4.78 is 34.2. The van der Waals surface area contributed by atoms with Crippen LogP contribution >= 0.6 is 0 Å². The molecule has 106 heavy (non-hydrogen) atoms. The number of Topliss-reactive ketones (excluding diaryl/α,β-unsaturated/α-hetero) is 2. The van der Waals surface area contributed by atoms with Gasteiger partial charge >= 0.3 is 0 Å². The fourth-order valence-electron chi connectivity index (χ4n) is 8.90. The number of carbonyl (C=O) groups excluding carboxylic acids is 7. The molecule has 26 nitrogen and oxygen atoms in total. The molecule has 554 valence electrons. The molecule has 5 amide bonds. The first-order chi connectivity index (χ1) is 51.3. The van der Waals surface area contributed by atoms with Crippen molar-refractivity contribution < 1.29 is 90.0 Å². The van der Waals surface area contributed by atoms with Gasteiger partial charge in [0.05, 0.1) is 73.2 Å². The number of anilines is 4. The summed E-state index contributed by atoms with van der Waals surface area (Å²) in [4.78, 5) is 80.6. The van der Waals surface area contributed by atoms with Gasteiger partial charge in [-0.05, 0) is 195 Å². The molecule has 0 spiro atoms. The Labute approximate surface area is 610 Å². The average Bonchev–Trinajstić information content (AvgIpc) is 1.16. The van der Waals surface area contributed by atoms with Gasteiger partial charge in [0, 0.05) is 67.9 Å². The molecule has 2 unspecified atom stereocenters. The first-order valence-electron chi connectivity index (χ1n) is 33.3. The number of phenolic OH excluding ortho intramolecular Hbond substituents is 1. The minimum Gasteiger partial charge on any atom is -0.508 e.